The van der Waals surface area contributed by atoms with Crippen molar-refractivity contribution in [1.82, 2.24) is 10.9 Å². The Balaban J connectivity index is 1.96. The minimum atomic E-state index is 0.198. The van der Waals surface area contributed by atoms with Crippen LogP contribution in [0.15, 0.2) is 64.6 Å². The Morgan fingerprint density at radius 1 is 0.810 bits per heavy atom. The third-order valence-electron chi connectivity index (χ3n) is 2.68. The second-order valence-corrected chi connectivity index (χ2v) is 4.37. The van der Waals surface area contributed by atoms with Crippen molar-refractivity contribution in [3.05, 3.63) is 60.2 Å². The number of nitrogens with zero attached hydrogens (tertiary/aromatic N) is 2. The lowest BCUT2D eigenvalue weighted by atomic mass is 10.2. The molecule has 0 radical (unpaired) electrons. The van der Waals surface area contributed by atoms with E-state index >= 15 is 0 Å². The van der Waals surface area contributed by atoms with Crippen molar-refractivity contribution in [3.8, 4) is 0 Å². The van der Waals surface area contributed by atoms with Gasteiger partial charge in [-0.3, -0.25) is 10.9 Å². The van der Waals surface area contributed by atoms with E-state index < -0.39 is 0 Å². The van der Waals surface area contributed by atoms with Gasteiger partial charge in [-0.05, 0) is 30.7 Å². The summed E-state index contributed by atoms with van der Waals surface area (Å²) in [4.78, 5) is 8.41. The van der Waals surface area contributed by atoms with E-state index in [2.05, 4.69) is 20.8 Å². The van der Waals surface area contributed by atoms with Gasteiger partial charge in [0, 0.05) is 0 Å². The quantitative estimate of drug-likeness (QED) is 0.382. The summed E-state index contributed by atoms with van der Waals surface area (Å²) in [6.45, 7) is 1.96. The summed E-state index contributed by atoms with van der Waals surface area (Å²) in [6.07, 6.45) is 0. The Kier molecular flexibility index (Phi) is 4.76. The molecule has 0 amide bonds. The Bertz CT molecular complexity index is 648. The van der Waals surface area contributed by atoms with E-state index in [1.165, 1.54) is 0 Å². The number of para-hydroxylation sites is 2. The van der Waals surface area contributed by atoms with Gasteiger partial charge in [0.25, 0.3) is 0 Å². The largest absolute Gasteiger partial charge is 0.368 e. The number of nitrogens with one attached hydrogen (secondary N) is 2. The molecule has 0 aliphatic rings. The van der Waals surface area contributed by atoms with Crippen LogP contribution in [0.1, 0.15) is 5.56 Å². The van der Waals surface area contributed by atoms with Gasteiger partial charge in [-0.2, -0.15) is 0 Å². The van der Waals surface area contributed by atoms with E-state index in [0.29, 0.717) is 0 Å². The molecule has 0 spiro atoms. The van der Waals surface area contributed by atoms with Crippen LogP contribution in [0, 0.1) is 6.92 Å². The van der Waals surface area contributed by atoms with E-state index in [1.54, 1.807) is 0 Å². The van der Waals surface area contributed by atoms with E-state index in [9.17, 15) is 0 Å². The van der Waals surface area contributed by atoms with Gasteiger partial charge in [0.1, 0.15) is 0 Å². The van der Waals surface area contributed by atoms with Crippen molar-refractivity contribution in [2.75, 3.05) is 0 Å². The van der Waals surface area contributed by atoms with E-state index in [4.69, 9.17) is 11.5 Å². The van der Waals surface area contributed by atoms with Crippen LogP contribution in [-0.2, 0) is 0 Å². The number of aliphatic imine (C=N–C) groups is 2. The number of rotatable bonds is 2. The minimum Gasteiger partial charge on any atom is -0.368 e. The molecule has 2 rings (SSSR count). The highest BCUT2D eigenvalue weighted by Gasteiger charge is 1.97. The average Bonchev–Trinajstić information content (AvgIpc) is 2.49. The van der Waals surface area contributed by atoms with E-state index in [1.807, 2.05) is 61.5 Å². The zero-order chi connectivity index (χ0) is 15.1. The Morgan fingerprint density at radius 3 is 2.05 bits per heavy atom. The first-order chi connectivity index (χ1) is 10.1. The summed E-state index contributed by atoms with van der Waals surface area (Å²) < 4.78 is 0. The number of nitrogens with two attached hydrogens (primary N) is 2. The summed E-state index contributed by atoms with van der Waals surface area (Å²) >= 11 is 0. The molecule has 0 aliphatic heterocycles. The Hall–Kier alpha value is -3.02. The highest BCUT2D eigenvalue weighted by atomic mass is 15.4. The predicted octanol–water partition coefficient (Wildman–Crippen LogP) is 1.68. The summed E-state index contributed by atoms with van der Waals surface area (Å²) in [5.74, 6) is 0.402. The standard InChI is InChI=1S/C15H18N6/c1-11-7-5-6-10-13(11)19-15(17)21-20-14(16)18-12-8-3-2-4-9-12/h2-10H,1H3,(H3,16,18,20)(H3,17,19,21). The number of guanidine groups is 2. The van der Waals surface area contributed by atoms with Crippen LogP contribution >= 0.6 is 0 Å². The van der Waals surface area contributed by atoms with Gasteiger partial charge in [-0.25, -0.2) is 9.98 Å². The maximum atomic E-state index is 5.78. The van der Waals surface area contributed by atoms with Crippen LogP contribution in [0.4, 0.5) is 11.4 Å². The number of hydrogen-bond acceptors (Lipinski definition) is 2. The molecule has 0 unspecified atom stereocenters. The van der Waals surface area contributed by atoms with Gasteiger partial charge < -0.3 is 11.5 Å². The van der Waals surface area contributed by atoms with Gasteiger partial charge in [0.05, 0.1) is 11.4 Å². The fourth-order valence-corrected chi connectivity index (χ4v) is 1.64. The molecule has 0 heterocycles. The molecule has 0 fully saturated rings. The monoisotopic (exact) mass is 282 g/mol. The fraction of sp³-hybridized carbons (Fsp3) is 0.0667. The SMILES string of the molecule is Cc1ccccc1N=C(N)NNC(N)=Nc1ccccc1. The van der Waals surface area contributed by atoms with Crippen molar-refractivity contribution < 1.29 is 0 Å². The second kappa shape index (κ2) is 6.95. The number of aryl methyl sites for hydroxylation is 1. The lowest BCUT2D eigenvalue weighted by Gasteiger charge is -2.08. The van der Waals surface area contributed by atoms with Crippen LogP contribution in [0.25, 0.3) is 0 Å². The highest BCUT2D eigenvalue weighted by molar-refractivity contribution is 5.86. The Morgan fingerprint density at radius 2 is 1.38 bits per heavy atom. The molecule has 0 atom stereocenters. The molecule has 2 aromatic rings. The minimum absolute atomic E-state index is 0.198. The smallest absolute Gasteiger partial charge is 0.212 e. The van der Waals surface area contributed by atoms with Gasteiger partial charge in [-0.1, -0.05) is 36.4 Å². The first kappa shape index (κ1) is 14.4. The van der Waals surface area contributed by atoms with Crippen molar-refractivity contribution in [1.29, 1.82) is 0 Å². The summed E-state index contributed by atoms with van der Waals surface area (Å²) in [5.41, 5.74) is 19.5. The maximum absolute atomic E-state index is 5.78. The molecule has 2 aromatic carbocycles. The van der Waals surface area contributed by atoms with E-state index in [-0.39, 0.29) is 11.9 Å². The van der Waals surface area contributed by atoms with Gasteiger partial charge in [-0.15, -0.1) is 0 Å². The Labute approximate surface area is 123 Å². The van der Waals surface area contributed by atoms with Crippen LogP contribution in [-0.4, -0.2) is 11.9 Å². The van der Waals surface area contributed by atoms with Crippen LogP contribution in [0.2, 0.25) is 0 Å². The highest BCUT2D eigenvalue weighted by Crippen LogP contribution is 2.16. The van der Waals surface area contributed by atoms with Crippen molar-refractivity contribution in [2.45, 2.75) is 6.92 Å². The molecule has 6 N–H and O–H groups in total. The molecule has 0 aromatic heterocycles. The van der Waals surface area contributed by atoms with Crippen molar-refractivity contribution in [2.24, 2.45) is 21.5 Å². The second-order valence-electron chi connectivity index (χ2n) is 4.37. The van der Waals surface area contributed by atoms with E-state index in [0.717, 1.165) is 16.9 Å². The average molecular weight is 282 g/mol. The first-order valence-corrected chi connectivity index (χ1v) is 6.46. The summed E-state index contributed by atoms with van der Waals surface area (Å²) in [7, 11) is 0. The fourth-order valence-electron chi connectivity index (χ4n) is 1.64. The molecule has 6 heteroatoms. The molecule has 0 saturated carbocycles. The third kappa shape index (κ3) is 4.54. The molecule has 0 saturated heterocycles. The molecule has 6 nitrogen and oxygen atoms in total. The topological polar surface area (TPSA) is 101 Å². The van der Waals surface area contributed by atoms with Crippen LogP contribution in [0.3, 0.4) is 0 Å². The number of hydrogen-bond donors (Lipinski definition) is 4. The van der Waals surface area contributed by atoms with Gasteiger partial charge in [0.15, 0.2) is 0 Å². The predicted molar refractivity (Wildman–Crippen MR) is 86.5 cm³/mol. The van der Waals surface area contributed by atoms with Gasteiger partial charge >= 0.3 is 0 Å². The first-order valence-electron chi connectivity index (χ1n) is 6.46. The molecule has 0 bridgehead atoms. The molecule has 21 heavy (non-hydrogen) atoms. The van der Waals surface area contributed by atoms with Crippen LogP contribution < -0.4 is 22.3 Å². The van der Waals surface area contributed by atoms with Crippen LogP contribution in [0.5, 0.6) is 0 Å². The van der Waals surface area contributed by atoms with Crippen molar-refractivity contribution in [3.63, 3.8) is 0 Å². The third-order valence-corrected chi connectivity index (χ3v) is 2.68. The summed E-state index contributed by atoms with van der Waals surface area (Å²) in [6, 6.07) is 17.1. The molecule has 108 valence electrons. The maximum Gasteiger partial charge on any atom is 0.212 e. The number of benzene rings is 2. The zero-order valence-electron chi connectivity index (χ0n) is 11.7. The number of hydrazine groups is 1. The molecular weight excluding hydrogens is 264 g/mol. The summed E-state index contributed by atoms with van der Waals surface area (Å²) in [5, 5.41) is 0. The molecular formula is C15H18N6. The lowest BCUT2D eigenvalue weighted by molar-refractivity contribution is 0.845. The van der Waals surface area contributed by atoms with Crippen molar-refractivity contribution >= 4 is 23.3 Å². The lowest BCUT2D eigenvalue weighted by Crippen LogP contribution is -2.48. The molecule has 0 aliphatic carbocycles. The van der Waals surface area contributed by atoms with Gasteiger partial charge in [0.2, 0.25) is 11.9 Å². The zero-order valence-corrected chi connectivity index (χ0v) is 11.7. The normalized spacial score (nSPS) is 12.0.